The van der Waals surface area contributed by atoms with Crippen LogP contribution in [0.4, 0.5) is 5.69 Å². The van der Waals surface area contributed by atoms with Crippen LogP contribution < -0.4 is 5.32 Å². The van der Waals surface area contributed by atoms with Crippen LogP contribution in [0.1, 0.15) is 40.2 Å². The Morgan fingerprint density at radius 1 is 0.979 bits per heavy atom. The molecule has 1 unspecified atom stereocenters. The molecule has 8 nitrogen and oxygen atoms in total. The van der Waals surface area contributed by atoms with Crippen LogP contribution >= 0.6 is 11.6 Å². The molecule has 3 aliphatic heterocycles. The number of rotatable bonds is 5. The molecule has 2 fully saturated rings. The minimum atomic E-state index is -1.67. The van der Waals surface area contributed by atoms with Gasteiger partial charge in [-0.05, 0) is 55.8 Å². The Hall–Kier alpha value is -5.49. The summed E-state index contributed by atoms with van der Waals surface area (Å²) >= 11 is 6.68. The third-order valence-electron chi connectivity index (χ3n) is 10.6. The zero-order chi connectivity index (χ0) is 32.6. The lowest BCUT2D eigenvalue weighted by Crippen LogP contribution is -2.50. The van der Waals surface area contributed by atoms with Gasteiger partial charge in [-0.15, -0.1) is 0 Å². The van der Waals surface area contributed by atoms with Crippen molar-refractivity contribution in [1.82, 2.24) is 19.7 Å². The van der Waals surface area contributed by atoms with E-state index in [1.807, 2.05) is 103 Å². The predicted octanol–water partition coefficient (Wildman–Crippen LogP) is 7.48. The van der Waals surface area contributed by atoms with E-state index in [1.165, 1.54) is 0 Å². The van der Waals surface area contributed by atoms with Gasteiger partial charge in [0.15, 0.2) is 5.78 Å². The van der Waals surface area contributed by atoms with Crippen molar-refractivity contribution in [3.05, 3.63) is 137 Å². The lowest BCUT2D eigenvalue weighted by atomic mass is 9.60. The lowest BCUT2D eigenvalue weighted by Gasteiger charge is -2.38. The highest BCUT2D eigenvalue weighted by Gasteiger charge is 2.76. The number of benzene rings is 4. The molecule has 2 N–H and O–H groups in total. The summed E-state index contributed by atoms with van der Waals surface area (Å²) in [6.45, 7) is 0.540. The fourth-order valence-corrected chi connectivity index (χ4v) is 8.93. The first-order valence-corrected chi connectivity index (χ1v) is 16.5. The first kappa shape index (κ1) is 28.7. The molecule has 0 saturated carbocycles. The molecule has 0 radical (unpaired) electrons. The van der Waals surface area contributed by atoms with Crippen molar-refractivity contribution in [3.8, 4) is 23.0 Å². The molecule has 9 heteroatoms. The molecular weight excluding hydrogens is 620 g/mol. The van der Waals surface area contributed by atoms with Crippen molar-refractivity contribution in [1.29, 1.82) is 5.26 Å². The van der Waals surface area contributed by atoms with E-state index in [0.717, 1.165) is 28.6 Å². The molecule has 2 saturated heterocycles. The molecule has 234 valence electrons. The van der Waals surface area contributed by atoms with E-state index >= 15 is 4.79 Å². The van der Waals surface area contributed by atoms with Crippen LogP contribution in [0.2, 0.25) is 5.02 Å². The number of aromatic amines is 1. The van der Waals surface area contributed by atoms with Gasteiger partial charge < -0.3 is 10.3 Å². The number of carbonyl (C=O) groups excluding carboxylic acids is 2. The molecule has 0 bridgehead atoms. The highest BCUT2D eigenvalue weighted by Crippen LogP contribution is 2.68. The summed E-state index contributed by atoms with van der Waals surface area (Å²) in [5.41, 5.74) is 2.36. The molecule has 0 aliphatic carbocycles. The van der Waals surface area contributed by atoms with Crippen molar-refractivity contribution >= 4 is 39.9 Å². The molecular formula is C39H29ClN6O2. The number of hydrogen-bond acceptors (Lipinski definition) is 5. The van der Waals surface area contributed by atoms with Gasteiger partial charge in [0.25, 0.3) is 0 Å². The number of aromatic nitrogens is 3. The van der Waals surface area contributed by atoms with Crippen LogP contribution in [-0.2, 0) is 10.3 Å². The van der Waals surface area contributed by atoms with E-state index in [4.69, 9.17) is 16.7 Å². The maximum atomic E-state index is 15.5. The lowest BCUT2D eigenvalue weighted by molar-refractivity contribution is -0.127. The number of nitrogens with zero attached hydrogens (tertiary/aromatic N) is 4. The number of fused-ring (bicyclic) bond motifs is 5. The number of H-pyrrole nitrogens is 1. The van der Waals surface area contributed by atoms with Gasteiger partial charge in [0.1, 0.15) is 11.0 Å². The zero-order valence-corrected chi connectivity index (χ0v) is 26.5. The van der Waals surface area contributed by atoms with Crippen molar-refractivity contribution in [2.75, 3.05) is 11.9 Å². The second-order valence-electron chi connectivity index (χ2n) is 12.8. The van der Waals surface area contributed by atoms with Gasteiger partial charge in [0, 0.05) is 68.2 Å². The van der Waals surface area contributed by atoms with Crippen molar-refractivity contribution < 1.29 is 9.59 Å². The van der Waals surface area contributed by atoms with Crippen LogP contribution in [0.3, 0.4) is 0 Å². The third kappa shape index (κ3) is 3.71. The Bertz CT molecular complexity index is 2310. The largest absolute Gasteiger partial charge is 0.360 e. The fraction of sp³-hybridized carbons (Fsp3) is 0.179. The fourth-order valence-electron chi connectivity index (χ4n) is 8.76. The van der Waals surface area contributed by atoms with Crippen LogP contribution in [0.15, 0.2) is 116 Å². The highest BCUT2D eigenvalue weighted by molar-refractivity contribution is 6.31. The van der Waals surface area contributed by atoms with Gasteiger partial charge in [-0.1, -0.05) is 78.3 Å². The van der Waals surface area contributed by atoms with Gasteiger partial charge in [-0.2, -0.15) is 10.4 Å². The topological polar surface area (TPSA) is 107 Å². The summed E-state index contributed by atoms with van der Waals surface area (Å²) in [7, 11) is 0. The number of halogens is 1. The molecule has 1 amide bonds. The summed E-state index contributed by atoms with van der Waals surface area (Å²) in [5.74, 6) is -1.53. The zero-order valence-electron chi connectivity index (χ0n) is 25.7. The number of ketones is 1. The quantitative estimate of drug-likeness (QED) is 0.189. The van der Waals surface area contributed by atoms with Crippen molar-refractivity contribution in [2.24, 2.45) is 5.41 Å². The minimum absolute atomic E-state index is 0.271. The van der Waals surface area contributed by atoms with Crippen molar-refractivity contribution in [2.45, 2.75) is 30.3 Å². The first-order chi connectivity index (χ1) is 23.5. The van der Waals surface area contributed by atoms with E-state index in [-0.39, 0.29) is 11.7 Å². The number of anilines is 1. The average molecular weight is 649 g/mol. The Morgan fingerprint density at radius 2 is 1.73 bits per heavy atom. The second-order valence-corrected chi connectivity index (χ2v) is 13.3. The number of hydrogen-bond donors (Lipinski definition) is 2. The Kier molecular flexibility index (Phi) is 6.29. The standard InChI is InChI=1S/C39H29ClN6O2/c40-25-17-18-32-30(20-25)39(37(48)43-32)35(29-22-46(26-12-5-2-6-13-26)44-34(29)24-10-3-1-4-11-24)38(23-41,33-16-9-19-45(33)39)36(47)28-21-42-31-15-8-7-14-27(28)31/h1-8,10-15,17-18,20-22,33,35,42H,9,16,19H2,(H,43,48)/t33?,35-,38+,39+/m1/s1. The summed E-state index contributed by atoms with van der Waals surface area (Å²) in [4.78, 5) is 35.8. The SMILES string of the molecule is N#C[C@]1(C(=O)c2c[nH]c3ccccc23)C2CCCN2[C@]2(C(=O)Nc3ccc(Cl)cc32)[C@@H]1c1cn(-c2ccccc2)nc1-c1ccccc1. The van der Waals surface area contributed by atoms with E-state index < -0.39 is 22.9 Å². The summed E-state index contributed by atoms with van der Waals surface area (Å²) < 4.78 is 1.79. The Labute approximate surface area is 281 Å². The maximum absolute atomic E-state index is 15.5. The Balaban J connectivity index is 1.40. The molecule has 48 heavy (non-hydrogen) atoms. The normalized spacial score (nSPS) is 24.5. The maximum Gasteiger partial charge on any atom is 0.250 e. The molecule has 4 aromatic carbocycles. The molecule has 3 aliphatic rings. The summed E-state index contributed by atoms with van der Waals surface area (Å²) in [6, 6.07) is 34.6. The smallest absolute Gasteiger partial charge is 0.250 e. The number of amides is 1. The van der Waals surface area contributed by atoms with Crippen LogP contribution in [0.5, 0.6) is 0 Å². The minimum Gasteiger partial charge on any atom is -0.360 e. The molecule has 2 aromatic heterocycles. The van der Waals surface area contributed by atoms with Crippen LogP contribution in [0.25, 0.3) is 27.8 Å². The van der Waals surface area contributed by atoms with Gasteiger partial charge in [-0.25, -0.2) is 4.68 Å². The van der Waals surface area contributed by atoms with Crippen LogP contribution in [0, 0.1) is 16.7 Å². The van der Waals surface area contributed by atoms with Crippen molar-refractivity contribution in [3.63, 3.8) is 0 Å². The number of Topliss-reactive ketones (excluding diaryl/α,β-unsaturated/α-hetero) is 1. The molecule has 5 heterocycles. The van der Waals surface area contributed by atoms with E-state index in [9.17, 15) is 10.1 Å². The number of nitriles is 1. The third-order valence-corrected chi connectivity index (χ3v) is 10.8. The van der Waals surface area contributed by atoms with Gasteiger partial charge in [-0.3, -0.25) is 14.5 Å². The van der Waals surface area contributed by atoms with E-state index in [2.05, 4.69) is 21.3 Å². The van der Waals surface area contributed by atoms with E-state index in [1.54, 1.807) is 16.9 Å². The second kappa shape index (κ2) is 10.5. The number of carbonyl (C=O) groups is 2. The molecule has 9 rings (SSSR count). The number of para-hydroxylation sites is 2. The average Bonchev–Trinajstić information content (AvgIpc) is 3.94. The van der Waals surface area contributed by atoms with E-state index in [0.29, 0.717) is 46.1 Å². The molecule has 4 atom stereocenters. The predicted molar refractivity (Wildman–Crippen MR) is 184 cm³/mol. The van der Waals surface area contributed by atoms with Gasteiger partial charge >= 0.3 is 0 Å². The summed E-state index contributed by atoms with van der Waals surface area (Å²) in [5, 5.41) is 21.1. The molecule has 6 aromatic rings. The molecule has 1 spiro atoms. The first-order valence-electron chi connectivity index (χ1n) is 16.1. The summed E-state index contributed by atoms with van der Waals surface area (Å²) in [6.07, 6.45) is 4.94. The number of nitrogens with one attached hydrogen (secondary N) is 2. The highest BCUT2D eigenvalue weighted by atomic mass is 35.5. The van der Waals surface area contributed by atoms with Gasteiger partial charge in [0.05, 0.1) is 17.5 Å². The van der Waals surface area contributed by atoms with Gasteiger partial charge in [0.2, 0.25) is 5.91 Å². The van der Waals surface area contributed by atoms with Crippen LogP contribution in [-0.4, -0.2) is 43.9 Å². The Morgan fingerprint density at radius 3 is 2.52 bits per heavy atom. The monoisotopic (exact) mass is 648 g/mol.